The van der Waals surface area contributed by atoms with E-state index in [0.717, 1.165) is 6.54 Å². The Morgan fingerprint density at radius 2 is 2.21 bits per heavy atom. The molecule has 1 saturated heterocycles. The van der Waals surface area contributed by atoms with Crippen molar-refractivity contribution >= 4 is 27.3 Å². The maximum Gasteiger partial charge on any atom is 0.0701 e. The molecule has 0 bridgehead atoms. The van der Waals surface area contributed by atoms with Crippen LogP contribution in [-0.2, 0) is 6.54 Å². The molecule has 2 heterocycles. The third-order valence-electron chi connectivity index (χ3n) is 3.78. The van der Waals surface area contributed by atoms with E-state index in [1.807, 2.05) is 11.3 Å². The van der Waals surface area contributed by atoms with Crippen LogP contribution in [0.4, 0.5) is 0 Å². The van der Waals surface area contributed by atoms with E-state index in [0.29, 0.717) is 6.04 Å². The van der Waals surface area contributed by atoms with Crippen molar-refractivity contribution in [1.29, 1.82) is 0 Å². The number of aryl methyl sites for hydroxylation is 1. The Labute approximate surface area is 127 Å². The molecule has 1 nitrogen and oxygen atoms in total. The first kappa shape index (κ1) is 13.3. The number of benzene rings is 1. The van der Waals surface area contributed by atoms with Gasteiger partial charge in [-0.1, -0.05) is 29.8 Å². The van der Waals surface area contributed by atoms with Gasteiger partial charge in [-0.15, -0.1) is 11.3 Å². The Bertz CT molecular complexity index is 563. The summed E-state index contributed by atoms with van der Waals surface area (Å²) in [6.07, 6.45) is 2.60. The van der Waals surface area contributed by atoms with E-state index < -0.39 is 0 Å². The van der Waals surface area contributed by atoms with Crippen molar-refractivity contribution in [1.82, 2.24) is 4.90 Å². The zero-order valence-corrected chi connectivity index (χ0v) is 13.5. The van der Waals surface area contributed by atoms with Crippen LogP contribution in [0.2, 0.25) is 0 Å². The second kappa shape index (κ2) is 5.78. The number of hydrogen-bond acceptors (Lipinski definition) is 2. The number of nitrogens with zero attached hydrogens (tertiary/aromatic N) is 1. The van der Waals surface area contributed by atoms with E-state index >= 15 is 0 Å². The van der Waals surface area contributed by atoms with Gasteiger partial charge in [-0.3, -0.25) is 4.90 Å². The highest BCUT2D eigenvalue weighted by Crippen LogP contribution is 2.34. The van der Waals surface area contributed by atoms with Gasteiger partial charge in [0.25, 0.3) is 0 Å². The molecule has 1 fully saturated rings. The molecule has 2 aromatic rings. The molecule has 1 unspecified atom stereocenters. The third kappa shape index (κ3) is 3.10. The minimum atomic E-state index is 0.598. The lowest BCUT2D eigenvalue weighted by Gasteiger charge is -2.24. The summed E-state index contributed by atoms with van der Waals surface area (Å²) in [6, 6.07) is 14.0. The summed E-state index contributed by atoms with van der Waals surface area (Å²) in [5.41, 5.74) is 2.84. The largest absolute Gasteiger partial charge is 0.291 e. The first-order chi connectivity index (χ1) is 9.22. The molecular weight excluding hydrogens is 318 g/mol. The van der Waals surface area contributed by atoms with Gasteiger partial charge in [0.1, 0.15) is 0 Å². The molecule has 19 heavy (non-hydrogen) atoms. The highest BCUT2D eigenvalue weighted by molar-refractivity contribution is 9.11. The Kier molecular flexibility index (Phi) is 4.06. The van der Waals surface area contributed by atoms with Crippen LogP contribution in [0.3, 0.4) is 0 Å². The average molecular weight is 336 g/mol. The summed E-state index contributed by atoms with van der Waals surface area (Å²) in [7, 11) is 0. The molecule has 3 heteroatoms. The summed E-state index contributed by atoms with van der Waals surface area (Å²) in [5.74, 6) is 0. The fourth-order valence-corrected chi connectivity index (χ4v) is 4.42. The van der Waals surface area contributed by atoms with Gasteiger partial charge in [0.15, 0.2) is 0 Å². The Morgan fingerprint density at radius 1 is 1.32 bits per heavy atom. The minimum Gasteiger partial charge on any atom is -0.291 e. The van der Waals surface area contributed by atoms with Gasteiger partial charge in [0, 0.05) is 17.5 Å². The monoisotopic (exact) mass is 335 g/mol. The lowest BCUT2D eigenvalue weighted by Crippen LogP contribution is -2.22. The zero-order valence-electron chi connectivity index (χ0n) is 11.1. The molecule has 0 spiro atoms. The zero-order chi connectivity index (χ0) is 13.2. The Balaban J connectivity index is 1.78. The molecule has 0 amide bonds. The van der Waals surface area contributed by atoms with Gasteiger partial charge in [-0.2, -0.15) is 0 Å². The smallest absolute Gasteiger partial charge is 0.0701 e. The van der Waals surface area contributed by atoms with E-state index in [-0.39, 0.29) is 0 Å². The van der Waals surface area contributed by atoms with Gasteiger partial charge in [-0.25, -0.2) is 0 Å². The van der Waals surface area contributed by atoms with Crippen molar-refractivity contribution in [3.05, 3.63) is 56.2 Å². The van der Waals surface area contributed by atoms with Gasteiger partial charge >= 0.3 is 0 Å². The number of likely N-dealkylation sites (tertiary alicyclic amines) is 1. The summed E-state index contributed by atoms with van der Waals surface area (Å²) in [4.78, 5) is 4.07. The number of thiophene rings is 1. The van der Waals surface area contributed by atoms with E-state index in [1.165, 1.54) is 39.2 Å². The van der Waals surface area contributed by atoms with Crippen LogP contribution in [0.1, 0.15) is 34.9 Å². The van der Waals surface area contributed by atoms with Crippen LogP contribution in [0.25, 0.3) is 0 Å². The first-order valence-corrected chi connectivity index (χ1v) is 8.38. The SMILES string of the molecule is Cc1cccc(C2CCCN2Cc2ccc(Br)s2)c1. The van der Waals surface area contributed by atoms with Gasteiger partial charge < -0.3 is 0 Å². The normalized spacial score (nSPS) is 20.0. The summed E-state index contributed by atoms with van der Waals surface area (Å²) < 4.78 is 1.23. The third-order valence-corrected chi connectivity index (χ3v) is 5.39. The quantitative estimate of drug-likeness (QED) is 0.749. The minimum absolute atomic E-state index is 0.598. The molecule has 1 aromatic carbocycles. The standard InChI is InChI=1S/C16H18BrNS/c1-12-4-2-5-13(10-12)15-6-3-9-18(15)11-14-7-8-16(17)19-14/h2,4-5,7-8,10,15H,3,6,9,11H2,1H3. The number of rotatable bonds is 3. The van der Waals surface area contributed by atoms with Crippen molar-refractivity contribution in [3.8, 4) is 0 Å². The van der Waals surface area contributed by atoms with E-state index in [2.05, 4.69) is 64.2 Å². The van der Waals surface area contributed by atoms with Crippen LogP contribution in [0.5, 0.6) is 0 Å². The van der Waals surface area contributed by atoms with Gasteiger partial charge in [0.2, 0.25) is 0 Å². The molecule has 0 aliphatic carbocycles. The van der Waals surface area contributed by atoms with Gasteiger partial charge in [-0.05, 0) is 59.9 Å². The van der Waals surface area contributed by atoms with Crippen molar-refractivity contribution in [3.63, 3.8) is 0 Å². The second-order valence-electron chi connectivity index (χ2n) is 5.25. The van der Waals surface area contributed by atoms with Crippen molar-refractivity contribution in [2.24, 2.45) is 0 Å². The predicted molar refractivity (Wildman–Crippen MR) is 85.6 cm³/mol. The Hall–Kier alpha value is -0.640. The second-order valence-corrected chi connectivity index (χ2v) is 7.80. The van der Waals surface area contributed by atoms with E-state index in [1.54, 1.807) is 0 Å². The summed E-state index contributed by atoms with van der Waals surface area (Å²) >= 11 is 5.40. The number of hydrogen-bond donors (Lipinski definition) is 0. The van der Waals surface area contributed by atoms with Crippen LogP contribution in [0.15, 0.2) is 40.2 Å². The molecule has 1 aliphatic heterocycles. The van der Waals surface area contributed by atoms with Crippen LogP contribution in [0, 0.1) is 6.92 Å². The molecule has 1 aromatic heterocycles. The fraction of sp³-hybridized carbons (Fsp3) is 0.375. The topological polar surface area (TPSA) is 3.24 Å². The van der Waals surface area contributed by atoms with E-state index in [9.17, 15) is 0 Å². The van der Waals surface area contributed by atoms with E-state index in [4.69, 9.17) is 0 Å². The summed E-state index contributed by atoms with van der Waals surface area (Å²) in [6.45, 7) is 4.47. The molecule has 0 radical (unpaired) electrons. The maximum atomic E-state index is 3.55. The molecular formula is C16H18BrNS. The van der Waals surface area contributed by atoms with Gasteiger partial charge in [0.05, 0.1) is 3.79 Å². The maximum absolute atomic E-state index is 3.55. The molecule has 1 aliphatic rings. The average Bonchev–Trinajstić information content (AvgIpc) is 2.99. The molecule has 100 valence electrons. The van der Waals surface area contributed by atoms with Crippen molar-refractivity contribution in [2.45, 2.75) is 32.4 Å². The van der Waals surface area contributed by atoms with Crippen molar-refractivity contribution in [2.75, 3.05) is 6.54 Å². The van der Waals surface area contributed by atoms with Crippen LogP contribution in [-0.4, -0.2) is 11.4 Å². The first-order valence-electron chi connectivity index (χ1n) is 6.77. The Morgan fingerprint density at radius 3 is 2.95 bits per heavy atom. The highest BCUT2D eigenvalue weighted by Gasteiger charge is 2.26. The van der Waals surface area contributed by atoms with Crippen LogP contribution >= 0.6 is 27.3 Å². The lowest BCUT2D eigenvalue weighted by atomic mass is 10.0. The van der Waals surface area contributed by atoms with Crippen LogP contribution < -0.4 is 0 Å². The highest BCUT2D eigenvalue weighted by atomic mass is 79.9. The number of halogens is 1. The van der Waals surface area contributed by atoms with Crippen molar-refractivity contribution < 1.29 is 0 Å². The lowest BCUT2D eigenvalue weighted by molar-refractivity contribution is 0.250. The predicted octanol–water partition coefficient (Wildman–Crippen LogP) is 5.16. The molecule has 0 saturated carbocycles. The molecule has 0 N–H and O–H groups in total. The molecule has 1 atom stereocenters. The fourth-order valence-electron chi connectivity index (χ4n) is 2.91. The molecule has 3 rings (SSSR count). The summed E-state index contributed by atoms with van der Waals surface area (Å²) in [5, 5.41) is 0.